The number of anilines is 1. The van der Waals surface area contributed by atoms with Crippen LogP contribution in [0.2, 0.25) is 0 Å². The maximum atomic E-state index is 12.3. The summed E-state index contributed by atoms with van der Waals surface area (Å²) in [5.41, 5.74) is 0.629. The summed E-state index contributed by atoms with van der Waals surface area (Å²) in [7, 11) is -2.08. The Hall–Kier alpha value is -1.63. The van der Waals surface area contributed by atoms with E-state index in [9.17, 15) is 13.2 Å². The fourth-order valence-corrected chi connectivity index (χ4v) is 2.66. The molecule has 0 bridgehead atoms. The molecule has 0 aromatic carbocycles. The molecule has 1 N–H and O–H groups in total. The van der Waals surface area contributed by atoms with Crippen LogP contribution in [0.5, 0.6) is 0 Å². The molecule has 0 spiro atoms. The van der Waals surface area contributed by atoms with Crippen LogP contribution >= 0.6 is 0 Å². The Balaban J connectivity index is 3.05. The van der Waals surface area contributed by atoms with Crippen molar-refractivity contribution in [1.29, 1.82) is 0 Å². The molecule has 7 heteroatoms. The van der Waals surface area contributed by atoms with Crippen molar-refractivity contribution in [2.24, 2.45) is 7.05 Å². The van der Waals surface area contributed by atoms with Crippen molar-refractivity contribution < 1.29 is 13.2 Å². The third-order valence-corrected chi connectivity index (χ3v) is 5.72. The number of carbonyl (C=O) groups is 1. The van der Waals surface area contributed by atoms with E-state index in [1.165, 1.54) is 25.5 Å². The Morgan fingerprint density at radius 2 is 1.73 bits per heavy atom. The lowest BCUT2D eigenvalue weighted by atomic mass is 9.92. The topological polar surface area (TPSA) is 81.1 Å². The van der Waals surface area contributed by atoms with Gasteiger partial charge in [0.05, 0.1) is 10.4 Å². The van der Waals surface area contributed by atoms with Gasteiger partial charge in [-0.2, -0.15) is 5.10 Å². The van der Waals surface area contributed by atoms with Crippen molar-refractivity contribution in [3.63, 3.8) is 0 Å². The van der Waals surface area contributed by atoms with Gasteiger partial charge in [-0.1, -0.05) is 27.4 Å². The number of rotatable bonds is 3. The lowest BCUT2D eigenvalue weighted by molar-refractivity contribution is -0.112. The molecule has 124 valence electrons. The maximum Gasteiger partial charge on any atom is 0.267 e. The fourth-order valence-electron chi connectivity index (χ4n) is 1.63. The first kappa shape index (κ1) is 18.4. The number of hydrogen-bond donors (Lipinski definition) is 1. The Morgan fingerprint density at radius 1 is 1.23 bits per heavy atom. The van der Waals surface area contributed by atoms with Gasteiger partial charge in [0.15, 0.2) is 9.84 Å². The molecule has 22 heavy (non-hydrogen) atoms. The van der Waals surface area contributed by atoms with E-state index in [0.29, 0.717) is 5.82 Å². The van der Waals surface area contributed by atoms with Gasteiger partial charge >= 0.3 is 0 Å². The monoisotopic (exact) mass is 327 g/mol. The minimum Gasteiger partial charge on any atom is -0.306 e. The molecule has 0 aliphatic rings. The zero-order valence-electron chi connectivity index (χ0n) is 14.3. The molecule has 0 radical (unpaired) electrons. The molecule has 0 unspecified atom stereocenters. The molecule has 0 aliphatic carbocycles. The van der Waals surface area contributed by atoms with Crippen molar-refractivity contribution in [1.82, 2.24) is 9.78 Å². The highest BCUT2D eigenvalue weighted by Crippen LogP contribution is 2.26. The van der Waals surface area contributed by atoms with E-state index in [2.05, 4.69) is 17.0 Å². The van der Waals surface area contributed by atoms with Gasteiger partial charge in [-0.25, -0.2) is 8.42 Å². The molecule has 0 aliphatic heterocycles. The van der Waals surface area contributed by atoms with Gasteiger partial charge in [0.2, 0.25) is 0 Å². The van der Waals surface area contributed by atoms with Gasteiger partial charge in [0.25, 0.3) is 5.91 Å². The van der Waals surface area contributed by atoms with Crippen LogP contribution in [-0.2, 0) is 27.1 Å². The van der Waals surface area contributed by atoms with Crippen molar-refractivity contribution in [3.8, 4) is 0 Å². The molecule has 6 nitrogen and oxygen atoms in total. The van der Waals surface area contributed by atoms with E-state index in [-0.39, 0.29) is 5.41 Å². The molecule has 1 heterocycles. The second kappa shape index (κ2) is 5.53. The number of hydrogen-bond acceptors (Lipinski definition) is 4. The highest BCUT2D eigenvalue weighted by molar-refractivity contribution is 7.97. The predicted molar refractivity (Wildman–Crippen MR) is 88.4 cm³/mol. The van der Waals surface area contributed by atoms with Crippen molar-refractivity contribution in [3.05, 3.63) is 23.2 Å². The quantitative estimate of drug-likeness (QED) is 0.864. The zero-order valence-corrected chi connectivity index (χ0v) is 15.1. The van der Waals surface area contributed by atoms with Gasteiger partial charge < -0.3 is 5.32 Å². The van der Waals surface area contributed by atoms with Gasteiger partial charge in [0, 0.05) is 18.5 Å². The number of aryl methyl sites for hydroxylation is 1. The van der Waals surface area contributed by atoms with Crippen LogP contribution in [0, 0.1) is 0 Å². The second-order valence-corrected chi connectivity index (χ2v) is 10.0. The summed E-state index contributed by atoms with van der Waals surface area (Å²) < 4.78 is 24.9. The minimum absolute atomic E-state index is 0.171. The predicted octanol–water partition coefficient (Wildman–Crippen LogP) is 2.38. The number of carbonyl (C=O) groups excluding carboxylic acids is 1. The van der Waals surface area contributed by atoms with Crippen LogP contribution in [0.25, 0.3) is 0 Å². The van der Waals surface area contributed by atoms with Gasteiger partial charge in [-0.3, -0.25) is 9.48 Å². The van der Waals surface area contributed by atoms with Crippen molar-refractivity contribution in [2.75, 3.05) is 5.32 Å². The lowest BCUT2D eigenvalue weighted by Gasteiger charge is -2.20. The highest BCUT2D eigenvalue weighted by atomic mass is 32.2. The average molecular weight is 327 g/mol. The van der Waals surface area contributed by atoms with Gasteiger partial charge in [-0.05, 0) is 20.8 Å². The van der Waals surface area contributed by atoms with Crippen LogP contribution in [-0.4, -0.2) is 28.9 Å². The molecule has 1 aromatic heterocycles. The molecule has 0 saturated heterocycles. The third kappa shape index (κ3) is 3.58. The summed E-state index contributed by atoms with van der Waals surface area (Å²) in [5, 5.41) is 6.89. The van der Waals surface area contributed by atoms with Crippen LogP contribution in [0.1, 0.15) is 47.2 Å². The van der Waals surface area contributed by atoms with E-state index in [0.717, 1.165) is 5.69 Å². The number of sulfone groups is 1. The normalized spacial score (nSPS) is 13.0. The number of nitrogens with zero attached hydrogens (tertiary/aromatic N) is 2. The summed E-state index contributed by atoms with van der Waals surface area (Å²) in [5.74, 6) is -0.307. The highest BCUT2D eigenvalue weighted by Gasteiger charge is 2.35. The van der Waals surface area contributed by atoms with E-state index < -0.39 is 25.4 Å². The zero-order chi connectivity index (χ0) is 17.5. The molecule has 1 amide bonds. The summed E-state index contributed by atoms with van der Waals surface area (Å²) >= 11 is 0. The minimum atomic E-state index is -3.77. The SMILES string of the molecule is C=C(C(=O)Nc1cc(C(C)(C)C)nn1C)S(=O)(=O)C(C)(C)C. The van der Waals surface area contributed by atoms with Gasteiger partial charge in [0.1, 0.15) is 10.7 Å². The van der Waals surface area contributed by atoms with Crippen LogP contribution in [0.3, 0.4) is 0 Å². The first-order chi connectivity index (χ1) is 9.68. The van der Waals surface area contributed by atoms with Crippen LogP contribution < -0.4 is 5.32 Å². The van der Waals surface area contributed by atoms with E-state index in [4.69, 9.17) is 0 Å². The molecular formula is C15H25N3O3S. The second-order valence-electron chi connectivity index (χ2n) is 7.28. The van der Waals surface area contributed by atoms with Crippen LogP contribution in [0.15, 0.2) is 17.6 Å². The Labute approximate surface area is 132 Å². The molecule has 0 saturated carbocycles. The van der Waals surface area contributed by atoms with E-state index >= 15 is 0 Å². The van der Waals surface area contributed by atoms with E-state index in [1.54, 1.807) is 13.1 Å². The Morgan fingerprint density at radius 3 is 2.09 bits per heavy atom. The summed E-state index contributed by atoms with van der Waals surface area (Å²) in [6.45, 7) is 14.0. The lowest BCUT2D eigenvalue weighted by Crippen LogP contribution is -2.33. The summed E-state index contributed by atoms with van der Waals surface area (Å²) in [4.78, 5) is 11.7. The number of nitrogens with one attached hydrogen (secondary N) is 1. The Bertz CT molecular complexity index is 701. The number of aromatic nitrogens is 2. The summed E-state index contributed by atoms with van der Waals surface area (Å²) in [6, 6.07) is 1.73. The average Bonchev–Trinajstić information content (AvgIpc) is 2.68. The Kier molecular flexibility index (Phi) is 4.63. The smallest absolute Gasteiger partial charge is 0.267 e. The molecule has 0 fully saturated rings. The first-order valence-corrected chi connectivity index (χ1v) is 8.45. The van der Waals surface area contributed by atoms with Crippen molar-refractivity contribution in [2.45, 2.75) is 51.7 Å². The first-order valence-electron chi connectivity index (χ1n) is 6.97. The standard InChI is InChI=1S/C15H25N3O3S/c1-10(22(20,21)15(5,6)7)13(19)16-12-9-11(14(2,3)4)17-18(12)8/h9H,1H2,2-8H3,(H,16,19). The van der Waals surface area contributed by atoms with Gasteiger partial charge in [-0.15, -0.1) is 0 Å². The molecule has 0 atom stereocenters. The molecule has 1 rings (SSSR count). The third-order valence-electron chi connectivity index (χ3n) is 3.27. The fraction of sp³-hybridized carbons (Fsp3) is 0.600. The van der Waals surface area contributed by atoms with Crippen LogP contribution in [0.4, 0.5) is 5.82 Å². The maximum absolute atomic E-state index is 12.3. The van der Waals surface area contributed by atoms with E-state index in [1.807, 2.05) is 20.8 Å². The number of amides is 1. The molecule has 1 aromatic rings. The molecular weight excluding hydrogens is 302 g/mol. The van der Waals surface area contributed by atoms with Crippen molar-refractivity contribution >= 4 is 21.6 Å². The summed E-state index contributed by atoms with van der Waals surface area (Å²) in [6.07, 6.45) is 0. The largest absolute Gasteiger partial charge is 0.306 e.